The standard InChI is InChI=1S/C21H26N2O2/c22-19(24)21(20(23)25,15-7-13-17-9-3-1-4-10-17)16-8-14-18-11-5-2-6-12-18/h1-6,9-12H,7-8,13-16H2,(H2,22,24)(H2,23,25). The Morgan fingerprint density at radius 2 is 1.04 bits per heavy atom. The van der Waals surface area contributed by atoms with Crippen molar-refractivity contribution in [2.45, 2.75) is 38.5 Å². The number of carbonyl (C=O) groups excluding carboxylic acids is 2. The highest BCUT2D eigenvalue weighted by atomic mass is 16.2. The molecule has 25 heavy (non-hydrogen) atoms. The van der Waals surface area contributed by atoms with Crippen LogP contribution in [0.25, 0.3) is 0 Å². The number of primary amides is 2. The summed E-state index contributed by atoms with van der Waals surface area (Å²) in [6.45, 7) is 0. The molecule has 0 saturated heterocycles. The minimum Gasteiger partial charge on any atom is -0.369 e. The van der Waals surface area contributed by atoms with E-state index in [1.807, 2.05) is 60.7 Å². The lowest BCUT2D eigenvalue weighted by Gasteiger charge is -2.27. The van der Waals surface area contributed by atoms with Crippen molar-refractivity contribution in [3.8, 4) is 0 Å². The van der Waals surface area contributed by atoms with Crippen molar-refractivity contribution in [2.24, 2.45) is 16.9 Å². The van der Waals surface area contributed by atoms with Gasteiger partial charge in [-0.1, -0.05) is 60.7 Å². The highest BCUT2D eigenvalue weighted by Crippen LogP contribution is 2.31. The minimum atomic E-state index is -1.26. The van der Waals surface area contributed by atoms with Crippen molar-refractivity contribution >= 4 is 11.8 Å². The normalized spacial score (nSPS) is 11.2. The Balaban J connectivity index is 1.97. The quantitative estimate of drug-likeness (QED) is 0.653. The third-order valence-electron chi connectivity index (χ3n) is 4.77. The number of carbonyl (C=O) groups is 2. The largest absolute Gasteiger partial charge is 0.369 e. The second-order valence-electron chi connectivity index (χ2n) is 6.49. The van der Waals surface area contributed by atoms with Crippen molar-refractivity contribution in [1.82, 2.24) is 0 Å². The number of nitrogens with two attached hydrogens (primary N) is 2. The summed E-state index contributed by atoms with van der Waals surface area (Å²) in [6, 6.07) is 20.0. The van der Waals surface area contributed by atoms with Gasteiger partial charge < -0.3 is 11.5 Å². The van der Waals surface area contributed by atoms with Crippen LogP contribution in [0, 0.1) is 5.41 Å². The van der Waals surface area contributed by atoms with Crippen LogP contribution in [0.15, 0.2) is 60.7 Å². The van der Waals surface area contributed by atoms with Crippen LogP contribution in [0.4, 0.5) is 0 Å². The molecule has 0 atom stereocenters. The average Bonchev–Trinajstić information content (AvgIpc) is 2.61. The number of aryl methyl sites for hydroxylation is 2. The van der Waals surface area contributed by atoms with E-state index in [-0.39, 0.29) is 0 Å². The van der Waals surface area contributed by atoms with Crippen LogP contribution in [0.2, 0.25) is 0 Å². The Bertz CT molecular complexity index is 622. The van der Waals surface area contributed by atoms with Crippen LogP contribution in [-0.2, 0) is 22.4 Å². The van der Waals surface area contributed by atoms with E-state index in [2.05, 4.69) is 0 Å². The van der Waals surface area contributed by atoms with Gasteiger partial charge in [0.2, 0.25) is 11.8 Å². The second kappa shape index (κ2) is 9.02. The van der Waals surface area contributed by atoms with Crippen LogP contribution in [-0.4, -0.2) is 11.8 Å². The molecule has 0 saturated carbocycles. The van der Waals surface area contributed by atoms with Gasteiger partial charge in [-0.3, -0.25) is 9.59 Å². The summed E-state index contributed by atoms with van der Waals surface area (Å²) >= 11 is 0. The Morgan fingerprint density at radius 3 is 1.36 bits per heavy atom. The molecule has 0 aliphatic heterocycles. The summed E-state index contributed by atoms with van der Waals surface area (Å²) in [5.41, 5.74) is 12.3. The molecule has 0 aliphatic carbocycles. The van der Waals surface area contributed by atoms with E-state index in [0.29, 0.717) is 25.7 Å². The first kappa shape index (κ1) is 18.7. The maximum Gasteiger partial charge on any atom is 0.233 e. The molecule has 4 N–H and O–H groups in total. The molecule has 2 aromatic rings. The topological polar surface area (TPSA) is 86.2 Å². The zero-order valence-electron chi connectivity index (χ0n) is 14.5. The van der Waals surface area contributed by atoms with Gasteiger partial charge in [-0.2, -0.15) is 0 Å². The van der Waals surface area contributed by atoms with Gasteiger partial charge >= 0.3 is 0 Å². The van der Waals surface area contributed by atoms with Crippen molar-refractivity contribution in [3.63, 3.8) is 0 Å². The van der Waals surface area contributed by atoms with Gasteiger partial charge in [-0.25, -0.2) is 0 Å². The third kappa shape index (κ3) is 5.18. The zero-order chi connectivity index (χ0) is 18.1. The fourth-order valence-corrected chi connectivity index (χ4v) is 3.22. The molecular weight excluding hydrogens is 312 g/mol. The molecule has 4 nitrogen and oxygen atoms in total. The number of amides is 2. The van der Waals surface area contributed by atoms with E-state index in [0.717, 1.165) is 12.8 Å². The molecule has 0 fully saturated rings. The average molecular weight is 338 g/mol. The Kier molecular flexibility index (Phi) is 6.75. The van der Waals surface area contributed by atoms with E-state index >= 15 is 0 Å². The summed E-state index contributed by atoms with van der Waals surface area (Å²) in [5.74, 6) is -1.22. The lowest BCUT2D eigenvalue weighted by atomic mass is 9.76. The van der Waals surface area contributed by atoms with Crippen LogP contribution < -0.4 is 11.5 Å². The third-order valence-corrected chi connectivity index (χ3v) is 4.77. The van der Waals surface area contributed by atoms with Crippen LogP contribution in [0.5, 0.6) is 0 Å². The van der Waals surface area contributed by atoms with E-state index in [9.17, 15) is 9.59 Å². The van der Waals surface area contributed by atoms with Gasteiger partial charge in [-0.05, 0) is 49.7 Å². The van der Waals surface area contributed by atoms with E-state index in [4.69, 9.17) is 11.5 Å². The summed E-state index contributed by atoms with van der Waals surface area (Å²) in [7, 11) is 0. The van der Waals surface area contributed by atoms with Crippen molar-refractivity contribution in [1.29, 1.82) is 0 Å². The summed E-state index contributed by atoms with van der Waals surface area (Å²) in [5, 5.41) is 0. The fourth-order valence-electron chi connectivity index (χ4n) is 3.22. The van der Waals surface area contributed by atoms with E-state index in [1.165, 1.54) is 11.1 Å². The predicted octanol–water partition coefficient (Wildman–Crippen LogP) is 2.99. The highest BCUT2D eigenvalue weighted by Gasteiger charge is 2.41. The lowest BCUT2D eigenvalue weighted by Crippen LogP contribution is -2.47. The molecule has 4 heteroatoms. The molecule has 2 rings (SSSR count). The predicted molar refractivity (Wildman–Crippen MR) is 99.6 cm³/mol. The van der Waals surface area contributed by atoms with E-state index < -0.39 is 17.2 Å². The number of hydrogen-bond acceptors (Lipinski definition) is 2. The van der Waals surface area contributed by atoms with Crippen LogP contribution >= 0.6 is 0 Å². The number of hydrogen-bond donors (Lipinski definition) is 2. The zero-order valence-corrected chi connectivity index (χ0v) is 14.5. The van der Waals surface area contributed by atoms with Crippen molar-refractivity contribution < 1.29 is 9.59 Å². The molecule has 0 heterocycles. The summed E-state index contributed by atoms with van der Waals surface area (Å²) in [6.07, 6.45) is 3.76. The molecule has 2 amide bonds. The van der Waals surface area contributed by atoms with Gasteiger partial charge in [0.05, 0.1) is 0 Å². The molecule has 0 unspecified atom stereocenters. The van der Waals surface area contributed by atoms with Gasteiger partial charge in [0, 0.05) is 0 Å². The molecule has 132 valence electrons. The number of rotatable bonds is 10. The van der Waals surface area contributed by atoms with Crippen LogP contribution in [0.1, 0.15) is 36.8 Å². The van der Waals surface area contributed by atoms with Gasteiger partial charge in [0.25, 0.3) is 0 Å². The Morgan fingerprint density at radius 1 is 0.680 bits per heavy atom. The first-order valence-electron chi connectivity index (χ1n) is 8.72. The fraction of sp³-hybridized carbons (Fsp3) is 0.333. The first-order chi connectivity index (χ1) is 12.0. The molecular formula is C21H26N2O2. The Hall–Kier alpha value is -2.62. The smallest absolute Gasteiger partial charge is 0.233 e. The van der Waals surface area contributed by atoms with Crippen molar-refractivity contribution in [3.05, 3.63) is 71.8 Å². The molecule has 0 radical (unpaired) electrons. The van der Waals surface area contributed by atoms with Gasteiger partial charge in [0.15, 0.2) is 0 Å². The molecule has 0 bridgehead atoms. The molecule has 2 aromatic carbocycles. The maximum absolute atomic E-state index is 12.1. The highest BCUT2D eigenvalue weighted by molar-refractivity contribution is 6.03. The van der Waals surface area contributed by atoms with Crippen molar-refractivity contribution in [2.75, 3.05) is 0 Å². The monoisotopic (exact) mass is 338 g/mol. The van der Waals surface area contributed by atoms with Crippen LogP contribution in [0.3, 0.4) is 0 Å². The van der Waals surface area contributed by atoms with Gasteiger partial charge in [0.1, 0.15) is 5.41 Å². The molecule has 0 spiro atoms. The molecule has 0 aromatic heterocycles. The maximum atomic E-state index is 12.1. The second-order valence-corrected chi connectivity index (χ2v) is 6.49. The lowest BCUT2D eigenvalue weighted by molar-refractivity contribution is -0.141. The SMILES string of the molecule is NC(=O)C(CCCc1ccccc1)(CCCc1ccccc1)C(N)=O. The summed E-state index contributed by atoms with van der Waals surface area (Å²) in [4.78, 5) is 24.1. The molecule has 0 aliphatic rings. The summed E-state index contributed by atoms with van der Waals surface area (Å²) < 4.78 is 0. The number of benzene rings is 2. The minimum absolute atomic E-state index is 0.390. The van der Waals surface area contributed by atoms with E-state index in [1.54, 1.807) is 0 Å². The van der Waals surface area contributed by atoms with Gasteiger partial charge in [-0.15, -0.1) is 0 Å². The first-order valence-corrected chi connectivity index (χ1v) is 8.72. The Labute approximate surface area is 149 Å².